The normalized spacial score (nSPS) is 16.4. The van der Waals surface area contributed by atoms with Gasteiger partial charge >= 0.3 is 0 Å². The lowest BCUT2D eigenvalue weighted by molar-refractivity contribution is -0.126. The molecule has 2 nitrogen and oxygen atoms in total. The zero-order chi connectivity index (χ0) is 19.5. The number of aryl methyl sites for hydroxylation is 1. The van der Waals surface area contributed by atoms with Gasteiger partial charge in [-0.1, -0.05) is 90.5 Å². The van der Waals surface area contributed by atoms with E-state index in [0.29, 0.717) is 0 Å². The van der Waals surface area contributed by atoms with Gasteiger partial charge in [-0.15, -0.1) is 0 Å². The van der Waals surface area contributed by atoms with E-state index in [4.69, 9.17) is 0 Å². The van der Waals surface area contributed by atoms with Gasteiger partial charge in [-0.2, -0.15) is 0 Å². The molecule has 0 saturated heterocycles. The van der Waals surface area contributed by atoms with Crippen LogP contribution in [0.25, 0.3) is 11.3 Å². The standard InChI is InChI=1S/C26H23NO/c1-19-13-15-23(16-14-19)26-18-24(21-9-5-3-6-10-21)17-25(27(26)20(2)28)22-11-7-4-8-12-22/h3-18,25H,1-2H3/t25-/m1/s1. The Morgan fingerprint density at radius 3 is 2.00 bits per heavy atom. The highest BCUT2D eigenvalue weighted by Gasteiger charge is 2.29. The summed E-state index contributed by atoms with van der Waals surface area (Å²) >= 11 is 0. The molecular weight excluding hydrogens is 342 g/mol. The molecule has 1 amide bonds. The average molecular weight is 365 g/mol. The molecule has 0 fully saturated rings. The van der Waals surface area contributed by atoms with Crippen molar-refractivity contribution >= 4 is 17.2 Å². The highest BCUT2D eigenvalue weighted by atomic mass is 16.2. The molecule has 3 aromatic carbocycles. The first-order valence-electron chi connectivity index (χ1n) is 9.54. The summed E-state index contributed by atoms with van der Waals surface area (Å²) in [6, 6.07) is 28.8. The number of rotatable bonds is 3. The van der Waals surface area contributed by atoms with Crippen molar-refractivity contribution in [2.24, 2.45) is 0 Å². The van der Waals surface area contributed by atoms with E-state index in [9.17, 15) is 4.79 Å². The van der Waals surface area contributed by atoms with Gasteiger partial charge in [0.05, 0.1) is 11.7 Å². The van der Waals surface area contributed by atoms with Gasteiger partial charge in [0.1, 0.15) is 0 Å². The second kappa shape index (κ2) is 7.69. The second-order valence-corrected chi connectivity index (χ2v) is 7.13. The van der Waals surface area contributed by atoms with Crippen molar-refractivity contribution in [3.63, 3.8) is 0 Å². The van der Waals surface area contributed by atoms with Crippen LogP contribution in [0.5, 0.6) is 0 Å². The van der Waals surface area contributed by atoms with Crippen LogP contribution in [-0.4, -0.2) is 10.8 Å². The van der Waals surface area contributed by atoms with Gasteiger partial charge in [-0.25, -0.2) is 0 Å². The predicted octanol–water partition coefficient (Wildman–Crippen LogP) is 6.02. The minimum absolute atomic E-state index is 0.0315. The summed E-state index contributed by atoms with van der Waals surface area (Å²) in [7, 11) is 0. The summed E-state index contributed by atoms with van der Waals surface area (Å²) in [5.74, 6) is 0.0315. The van der Waals surface area contributed by atoms with Crippen molar-refractivity contribution in [2.75, 3.05) is 0 Å². The minimum Gasteiger partial charge on any atom is -0.301 e. The number of benzene rings is 3. The molecule has 0 bridgehead atoms. The average Bonchev–Trinajstić information content (AvgIpc) is 2.74. The van der Waals surface area contributed by atoms with E-state index in [0.717, 1.165) is 28.0 Å². The number of carbonyl (C=O) groups is 1. The van der Waals surface area contributed by atoms with Gasteiger partial charge in [0.25, 0.3) is 0 Å². The summed E-state index contributed by atoms with van der Waals surface area (Å²) in [6.07, 6.45) is 4.31. The van der Waals surface area contributed by atoms with Crippen molar-refractivity contribution in [1.29, 1.82) is 0 Å². The van der Waals surface area contributed by atoms with Crippen LogP contribution in [0.1, 0.15) is 35.2 Å². The SMILES string of the molecule is CC(=O)N1C(c2ccc(C)cc2)=CC(c2ccccc2)=C[C@@H]1c1ccccc1. The monoisotopic (exact) mass is 365 g/mol. The van der Waals surface area contributed by atoms with Gasteiger partial charge in [0, 0.05) is 6.92 Å². The molecule has 0 saturated carbocycles. The fourth-order valence-corrected chi connectivity index (χ4v) is 3.68. The third-order valence-electron chi connectivity index (χ3n) is 5.10. The summed E-state index contributed by atoms with van der Waals surface area (Å²) in [4.78, 5) is 14.6. The molecule has 0 aromatic heterocycles. The Morgan fingerprint density at radius 1 is 0.786 bits per heavy atom. The molecule has 28 heavy (non-hydrogen) atoms. The van der Waals surface area contributed by atoms with Gasteiger partial charge in [0.2, 0.25) is 5.91 Å². The van der Waals surface area contributed by atoms with E-state index in [2.05, 4.69) is 67.6 Å². The Hall–Kier alpha value is -3.39. The zero-order valence-corrected chi connectivity index (χ0v) is 16.2. The van der Waals surface area contributed by atoms with E-state index in [1.54, 1.807) is 6.92 Å². The predicted molar refractivity (Wildman–Crippen MR) is 115 cm³/mol. The van der Waals surface area contributed by atoms with Gasteiger partial charge in [-0.3, -0.25) is 4.79 Å². The third-order valence-corrected chi connectivity index (χ3v) is 5.10. The van der Waals surface area contributed by atoms with E-state index < -0.39 is 0 Å². The van der Waals surface area contributed by atoms with E-state index >= 15 is 0 Å². The molecule has 2 heteroatoms. The molecule has 0 aliphatic carbocycles. The molecule has 1 aliphatic heterocycles. The lowest BCUT2D eigenvalue weighted by atomic mass is 9.91. The van der Waals surface area contributed by atoms with Gasteiger partial charge in [0.15, 0.2) is 0 Å². The maximum atomic E-state index is 12.7. The zero-order valence-electron chi connectivity index (χ0n) is 16.2. The number of nitrogens with zero attached hydrogens (tertiary/aromatic N) is 1. The van der Waals surface area contributed by atoms with Crippen LogP contribution >= 0.6 is 0 Å². The van der Waals surface area contributed by atoms with E-state index in [-0.39, 0.29) is 11.9 Å². The van der Waals surface area contributed by atoms with Crippen molar-refractivity contribution in [1.82, 2.24) is 4.90 Å². The number of carbonyl (C=O) groups excluding carboxylic acids is 1. The molecule has 0 radical (unpaired) electrons. The summed E-state index contributed by atoms with van der Waals surface area (Å²) < 4.78 is 0. The number of allylic oxidation sites excluding steroid dienone is 2. The van der Waals surface area contributed by atoms with Crippen molar-refractivity contribution in [3.8, 4) is 0 Å². The number of hydrogen-bond acceptors (Lipinski definition) is 1. The molecule has 1 heterocycles. The Labute approximate surface area is 166 Å². The third kappa shape index (κ3) is 3.54. The maximum Gasteiger partial charge on any atom is 0.224 e. The largest absolute Gasteiger partial charge is 0.301 e. The lowest BCUT2D eigenvalue weighted by Crippen LogP contribution is -2.32. The summed E-state index contributed by atoms with van der Waals surface area (Å²) in [5.41, 5.74) is 6.56. The van der Waals surface area contributed by atoms with E-state index in [1.165, 1.54) is 5.56 Å². The second-order valence-electron chi connectivity index (χ2n) is 7.13. The van der Waals surface area contributed by atoms with Crippen LogP contribution in [-0.2, 0) is 4.79 Å². The van der Waals surface area contributed by atoms with Gasteiger partial charge < -0.3 is 4.90 Å². The molecule has 0 spiro atoms. The van der Waals surface area contributed by atoms with Crippen LogP contribution in [0.2, 0.25) is 0 Å². The Morgan fingerprint density at radius 2 is 1.39 bits per heavy atom. The smallest absolute Gasteiger partial charge is 0.224 e. The first kappa shape index (κ1) is 18.0. The quantitative estimate of drug-likeness (QED) is 0.555. The molecule has 1 atom stereocenters. The molecule has 138 valence electrons. The summed E-state index contributed by atoms with van der Waals surface area (Å²) in [5, 5.41) is 0. The molecular formula is C26H23NO. The number of hydrogen-bond donors (Lipinski definition) is 0. The molecule has 3 aromatic rings. The molecule has 1 aliphatic rings. The first-order valence-corrected chi connectivity index (χ1v) is 9.54. The van der Waals surface area contributed by atoms with Crippen molar-refractivity contribution in [2.45, 2.75) is 19.9 Å². The van der Waals surface area contributed by atoms with Crippen LogP contribution in [0.3, 0.4) is 0 Å². The lowest BCUT2D eigenvalue weighted by Gasteiger charge is -2.35. The fraction of sp³-hybridized carbons (Fsp3) is 0.115. The molecule has 0 N–H and O–H groups in total. The van der Waals surface area contributed by atoms with Crippen molar-refractivity contribution < 1.29 is 4.79 Å². The van der Waals surface area contributed by atoms with Crippen LogP contribution in [0.15, 0.2) is 97.1 Å². The number of amides is 1. The molecule has 4 rings (SSSR count). The van der Waals surface area contributed by atoms with Crippen LogP contribution in [0.4, 0.5) is 0 Å². The Kier molecular flexibility index (Phi) is 4.94. The van der Waals surface area contributed by atoms with Crippen LogP contribution < -0.4 is 0 Å². The van der Waals surface area contributed by atoms with Crippen LogP contribution in [0, 0.1) is 6.92 Å². The first-order chi connectivity index (χ1) is 13.6. The summed E-state index contributed by atoms with van der Waals surface area (Å²) in [6.45, 7) is 3.71. The highest BCUT2D eigenvalue weighted by Crippen LogP contribution is 2.39. The minimum atomic E-state index is -0.143. The molecule has 0 unspecified atom stereocenters. The van der Waals surface area contributed by atoms with E-state index in [1.807, 2.05) is 41.3 Å². The Balaban J connectivity index is 1.90. The topological polar surface area (TPSA) is 20.3 Å². The highest BCUT2D eigenvalue weighted by molar-refractivity contribution is 5.94. The maximum absolute atomic E-state index is 12.7. The fourth-order valence-electron chi connectivity index (χ4n) is 3.68. The van der Waals surface area contributed by atoms with Crippen molar-refractivity contribution in [3.05, 3.63) is 119 Å². The Bertz CT molecular complexity index is 1030. The van der Waals surface area contributed by atoms with Gasteiger partial charge in [-0.05, 0) is 41.3 Å².